The van der Waals surface area contributed by atoms with Gasteiger partial charge in [-0.2, -0.15) is 0 Å². The fourth-order valence-electron chi connectivity index (χ4n) is 3.10. The van der Waals surface area contributed by atoms with Gasteiger partial charge in [-0.1, -0.05) is 30.3 Å². The highest BCUT2D eigenvalue weighted by Gasteiger charge is 2.22. The monoisotopic (exact) mass is 339 g/mol. The lowest BCUT2D eigenvalue weighted by Crippen LogP contribution is -2.34. The second-order valence-electron chi connectivity index (χ2n) is 6.02. The van der Waals surface area contributed by atoms with Gasteiger partial charge in [0.05, 0.1) is 18.7 Å². The number of esters is 1. The molecule has 0 saturated carbocycles. The summed E-state index contributed by atoms with van der Waals surface area (Å²) in [7, 11) is 1.53. The smallest absolute Gasteiger partial charge is 0.338 e. The first kappa shape index (κ1) is 17.0. The molecule has 1 aliphatic carbocycles. The normalized spacial score (nSPS) is 15.8. The largest absolute Gasteiger partial charge is 0.497 e. The molecule has 5 nitrogen and oxygen atoms in total. The minimum Gasteiger partial charge on any atom is -0.497 e. The van der Waals surface area contributed by atoms with Gasteiger partial charge in [0, 0.05) is 0 Å². The van der Waals surface area contributed by atoms with Gasteiger partial charge in [-0.3, -0.25) is 4.79 Å². The third kappa shape index (κ3) is 4.18. The lowest BCUT2D eigenvalue weighted by atomic mass is 9.88. The second-order valence-corrected chi connectivity index (χ2v) is 6.02. The lowest BCUT2D eigenvalue weighted by Gasteiger charge is -2.26. The quantitative estimate of drug-likeness (QED) is 0.851. The SMILES string of the molecule is COc1cccc(C(=O)OCC(=O)N[C@H]2CCCc3ccccc32)c1. The molecule has 1 atom stereocenters. The number of carbonyl (C=O) groups is 2. The van der Waals surface area contributed by atoms with Crippen molar-refractivity contribution in [3.63, 3.8) is 0 Å². The van der Waals surface area contributed by atoms with Crippen LogP contribution in [0.25, 0.3) is 0 Å². The van der Waals surface area contributed by atoms with Gasteiger partial charge in [-0.05, 0) is 48.6 Å². The highest BCUT2D eigenvalue weighted by Crippen LogP contribution is 2.29. The minimum absolute atomic E-state index is 0.0204. The molecule has 2 aromatic rings. The van der Waals surface area contributed by atoms with E-state index in [0.29, 0.717) is 11.3 Å². The summed E-state index contributed by atoms with van der Waals surface area (Å²) in [5.41, 5.74) is 2.78. The molecule has 3 rings (SSSR count). The van der Waals surface area contributed by atoms with Crippen molar-refractivity contribution in [1.82, 2.24) is 5.32 Å². The first-order chi connectivity index (χ1) is 12.2. The average molecular weight is 339 g/mol. The fourth-order valence-corrected chi connectivity index (χ4v) is 3.10. The Hall–Kier alpha value is -2.82. The summed E-state index contributed by atoms with van der Waals surface area (Å²) >= 11 is 0. The molecule has 2 aromatic carbocycles. The number of fused-ring (bicyclic) bond motifs is 1. The van der Waals surface area contributed by atoms with Gasteiger partial charge >= 0.3 is 5.97 Å². The molecular formula is C20H21NO4. The van der Waals surface area contributed by atoms with Gasteiger partial charge in [0.15, 0.2) is 6.61 Å². The van der Waals surface area contributed by atoms with Crippen LogP contribution in [0.4, 0.5) is 0 Å². The van der Waals surface area contributed by atoms with Crippen molar-refractivity contribution in [2.24, 2.45) is 0 Å². The summed E-state index contributed by atoms with van der Waals surface area (Å²) in [5.74, 6) is -0.270. The van der Waals surface area contributed by atoms with Crippen molar-refractivity contribution < 1.29 is 19.1 Å². The first-order valence-electron chi connectivity index (χ1n) is 8.35. The fraction of sp³-hybridized carbons (Fsp3) is 0.300. The number of rotatable bonds is 5. The molecule has 0 radical (unpaired) electrons. The topological polar surface area (TPSA) is 64.6 Å². The van der Waals surface area contributed by atoms with E-state index in [9.17, 15) is 9.59 Å². The van der Waals surface area contributed by atoms with Crippen molar-refractivity contribution in [2.75, 3.05) is 13.7 Å². The highest BCUT2D eigenvalue weighted by atomic mass is 16.5. The summed E-state index contributed by atoms with van der Waals surface area (Å²) in [5, 5.41) is 2.96. The van der Waals surface area contributed by atoms with Gasteiger partial charge in [0.1, 0.15) is 5.75 Å². The third-order valence-electron chi connectivity index (χ3n) is 4.34. The van der Waals surface area contributed by atoms with Gasteiger partial charge < -0.3 is 14.8 Å². The molecular weight excluding hydrogens is 318 g/mol. The summed E-state index contributed by atoms with van der Waals surface area (Å²) in [4.78, 5) is 24.2. The Bertz CT molecular complexity index is 772. The number of hydrogen-bond donors (Lipinski definition) is 1. The molecule has 0 bridgehead atoms. The Labute approximate surface area is 147 Å². The van der Waals surface area contributed by atoms with Crippen molar-refractivity contribution in [3.8, 4) is 5.75 Å². The molecule has 0 fully saturated rings. The van der Waals surface area contributed by atoms with E-state index < -0.39 is 5.97 Å². The Morgan fingerprint density at radius 1 is 1.16 bits per heavy atom. The maximum atomic E-state index is 12.2. The van der Waals surface area contributed by atoms with Crippen LogP contribution in [0.3, 0.4) is 0 Å². The third-order valence-corrected chi connectivity index (χ3v) is 4.34. The van der Waals surface area contributed by atoms with Crippen molar-refractivity contribution in [1.29, 1.82) is 0 Å². The number of carbonyl (C=O) groups excluding carboxylic acids is 2. The van der Waals surface area contributed by atoms with Crippen molar-refractivity contribution >= 4 is 11.9 Å². The molecule has 0 spiro atoms. The average Bonchev–Trinajstić information content (AvgIpc) is 2.66. The highest BCUT2D eigenvalue weighted by molar-refractivity contribution is 5.91. The van der Waals surface area contributed by atoms with Crippen LogP contribution in [-0.2, 0) is 16.0 Å². The van der Waals surface area contributed by atoms with E-state index in [4.69, 9.17) is 9.47 Å². The zero-order valence-corrected chi connectivity index (χ0v) is 14.2. The van der Waals surface area contributed by atoms with E-state index >= 15 is 0 Å². The maximum Gasteiger partial charge on any atom is 0.338 e. The van der Waals surface area contributed by atoms with Gasteiger partial charge in [0.25, 0.3) is 5.91 Å². The summed E-state index contributed by atoms with van der Waals surface area (Å²) in [6.07, 6.45) is 2.96. The number of nitrogens with one attached hydrogen (secondary N) is 1. The zero-order chi connectivity index (χ0) is 17.6. The second kappa shape index (κ2) is 7.83. The molecule has 130 valence electrons. The van der Waals surface area contributed by atoms with E-state index in [2.05, 4.69) is 11.4 Å². The van der Waals surface area contributed by atoms with E-state index in [1.54, 1.807) is 24.3 Å². The van der Waals surface area contributed by atoms with Crippen LogP contribution in [0.5, 0.6) is 5.75 Å². The van der Waals surface area contributed by atoms with E-state index in [1.807, 2.05) is 18.2 Å². The number of ether oxygens (including phenoxy) is 2. The predicted molar refractivity (Wildman–Crippen MR) is 93.5 cm³/mol. The molecule has 25 heavy (non-hydrogen) atoms. The number of aryl methyl sites for hydroxylation is 1. The van der Waals surface area contributed by atoms with Gasteiger partial charge in [0.2, 0.25) is 0 Å². The maximum absolute atomic E-state index is 12.2. The lowest BCUT2D eigenvalue weighted by molar-refractivity contribution is -0.125. The Balaban J connectivity index is 1.56. The van der Waals surface area contributed by atoms with Crippen molar-refractivity contribution in [3.05, 3.63) is 65.2 Å². The Kier molecular flexibility index (Phi) is 5.33. The van der Waals surface area contributed by atoms with E-state index in [0.717, 1.165) is 24.8 Å². The molecule has 1 amide bonds. The van der Waals surface area contributed by atoms with Gasteiger partial charge in [-0.25, -0.2) is 4.79 Å². The van der Waals surface area contributed by atoms with Crippen LogP contribution in [-0.4, -0.2) is 25.6 Å². The van der Waals surface area contributed by atoms with Crippen LogP contribution >= 0.6 is 0 Å². The number of benzene rings is 2. The van der Waals surface area contributed by atoms with Crippen LogP contribution in [0.15, 0.2) is 48.5 Å². The first-order valence-corrected chi connectivity index (χ1v) is 8.35. The van der Waals surface area contributed by atoms with Crippen LogP contribution in [0, 0.1) is 0 Å². The van der Waals surface area contributed by atoms with Crippen LogP contribution in [0.1, 0.15) is 40.4 Å². The van der Waals surface area contributed by atoms with E-state index in [1.165, 1.54) is 12.7 Å². The number of amides is 1. The molecule has 0 heterocycles. The zero-order valence-electron chi connectivity index (χ0n) is 14.2. The molecule has 0 saturated heterocycles. The standard InChI is InChI=1S/C20H21NO4/c1-24-16-9-4-8-15(12-16)20(23)25-13-19(22)21-18-11-5-7-14-6-2-3-10-17(14)18/h2-4,6,8-10,12,18H,5,7,11,13H2,1H3,(H,21,22)/t18-/m0/s1. The Morgan fingerprint density at radius 2 is 2.00 bits per heavy atom. The van der Waals surface area contributed by atoms with Crippen LogP contribution < -0.4 is 10.1 Å². The minimum atomic E-state index is -0.543. The van der Waals surface area contributed by atoms with Crippen molar-refractivity contribution in [2.45, 2.75) is 25.3 Å². The number of hydrogen-bond acceptors (Lipinski definition) is 4. The predicted octanol–water partition coefficient (Wildman–Crippen LogP) is 3.05. The number of methoxy groups -OCH3 is 1. The summed E-state index contributed by atoms with van der Waals surface area (Å²) < 4.78 is 10.2. The summed E-state index contributed by atoms with van der Waals surface area (Å²) in [6.45, 7) is -0.297. The Morgan fingerprint density at radius 3 is 2.84 bits per heavy atom. The molecule has 5 heteroatoms. The van der Waals surface area contributed by atoms with Gasteiger partial charge in [-0.15, -0.1) is 0 Å². The molecule has 0 aromatic heterocycles. The van der Waals surface area contributed by atoms with Crippen LogP contribution in [0.2, 0.25) is 0 Å². The molecule has 1 aliphatic rings. The summed E-state index contributed by atoms with van der Waals surface area (Å²) in [6, 6.07) is 14.8. The molecule has 0 aliphatic heterocycles. The molecule has 1 N–H and O–H groups in total. The molecule has 0 unspecified atom stereocenters. The van der Waals surface area contributed by atoms with E-state index in [-0.39, 0.29) is 18.6 Å².